The Bertz CT molecular complexity index is 973. The average Bonchev–Trinajstić information content (AvgIpc) is 3.29. The highest BCUT2D eigenvalue weighted by Crippen LogP contribution is 2.30. The number of hydrogen-bond acceptors (Lipinski definition) is 7. The first kappa shape index (κ1) is 17.9. The van der Waals surface area contributed by atoms with E-state index in [2.05, 4.69) is 27.1 Å². The number of thiazole rings is 1. The van der Waals surface area contributed by atoms with E-state index in [0.29, 0.717) is 23.8 Å². The summed E-state index contributed by atoms with van der Waals surface area (Å²) in [7, 11) is 0. The predicted octanol–water partition coefficient (Wildman–Crippen LogP) is 3.42. The Balaban J connectivity index is 1.43. The van der Waals surface area contributed by atoms with Gasteiger partial charge >= 0.3 is 0 Å². The molecule has 3 aromatic rings. The van der Waals surface area contributed by atoms with Gasteiger partial charge < -0.3 is 14.5 Å². The largest absolute Gasteiger partial charge is 0.472 e. The molecule has 27 heavy (non-hydrogen) atoms. The number of fused-ring (bicyclic) bond motifs is 1. The molecule has 4 rings (SSSR count). The van der Waals surface area contributed by atoms with E-state index in [1.807, 2.05) is 6.07 Å². The molecule has 1 N–H and O–H groups in total. The van der Waals surface area contributed by atoms with Crippen molar-refractivity contribution in [3.05, 3.63) is 35.4 Å². The minimum atomic E-state index is -0.537. The van der Waals surface area contributed by atoms with E-state index >= 15 is 0 Å². The number of hydrogen-bond donors (Lipinski definition) is 1. The van der Waals surface area contributed by atoms with E-state index < -0.39 is 5.95 Å². The number of aromatic nitrogens is 2. The molecule has 0 radical (unpaired) electrons. The number of likely N-dealkylation sites (tertiary alicyclic amines) is 1. The second kappa shape index (κ2) is 7.24. The standard InChI is InChI=1S/C18H19FN4O3S/c1-10-7-12(26-17-13-4-6-25-14(13)3-5-20-17)8-23(10)9-15-16(19)22-18(27-15)21-11(2)24/h3-6,10,12H,7-9H2,1-2H3,(H,21,22,24)/t10-,12+/m0/s1. The van der Waals surface area contributed by atoms with Gasteiger partial charge in [0, 0.05) is 38.7 Å². The maximum Gasteiger partial charge on any atom is 0.230 e. The number of nitrogens with one attached hydrogen (secondary N) is 1. The first-order valence-electron chi connectivity index (χ1n) is 8.65. The highest BCUT2D eigenvalue weighted by molar-refractivity contribution is 7.15. The van der Waals surface area contributed by atoms with Gasteiger partial charge in [-0.2, -0.15) is 9.37 Å². The first-order valence-corrected chi connectivity index (χ1v) is 9.47. The van der Waals surface area contributed by atoms with Crippen LogP contribution in [-0.2, 0) is 11.3 Å². The summed E-state index contributed by atoms with van der Waals surface area (Å²) in [4.78, 5) is 21.8. The summed E-state index contributed by atoms with van der Waals surface area (Å²) in [6.45, 7) is 4.54. The van der Waals surface area contributed by atoms with Crippen LogP contribution in [0.2, 0.25) is 0 Å². The normalized spacial score (nSPS) is 20.3. The third-order valence-corrected chi connectivity index (χ3v) is 5.50. The van der Waals surface area contributed by atoms with Gasteiger partial charge in [0.15, 0.2) is 5.13 Å². The van der Waals surface area contributed by atoms with E-state index in [1.165, 1.54) is 6.92 Å². The number of amides is 1. The lowest BCUT2D eigenvalue weighted by molar-refractivity contribution is -0.114. The molecule has 0 aromatic carbocycles. The van der Waals surface area contributed by atoms with Gasteiger partial charge in [0.1, 0.15) is 11.7 Å². The molecule has 0 saturated carbocycles. The fourth-order valence-electron chi connectivity index (χ4n) is 3.29. The second-order valence-electron chi connectivity index (χ2n) is 6.62. The van der Waals surface area contributed by atoms with Crippen LogP contribution in [0, 0.1) is 5.95 Å². The van der Waals surface area contributed by atoms with Gasteiger partial charge in [-0.05, 0) is 19.1 Å². The fourth-order valence-corrected chi connectivity index (χ4v) is 4.21. The molecule has 7 nitrogen and oxygen atoms in total. The Morgan fingerprint density at radius 2 is 2.37 bits per heavy atom. The van der Waals surface area contributed by atoms with Crippen LogP contribution >= 0.6 is 11.3 Å². The average molecular weight is 390 g/mol. The molecule has 0 aliphatic carbocycles. The van der Waals surface area contributed by atoms with E-state index in [4.69, 9.17) is 9.15 Å². The van der Waals surface area contributed by atoms with Gasteiger partial charge in [0.05, 0.1) is 16.5 Å². The topological polar surface area (TPSA) is 80.5 Å². The summed E-state index contributed by atoms with van der Waals surface area (Å²) in [5, 5.41) is 3.65. The number of anilines is 1. The van der Waals surface area contributed by atoms with E-state index in [9.17, 15) is 9.18 Å². The minimum absolute atomic E-state index is 0.0428. The van der Waals surface area contributed by atoms with E-state index in [1.54, 1.807) is 18.5 Å². The van der Waals surface area contributed by atoms with Crippen LogP contribution < -0.4 is 10.1 Å². The smallest absolute Gasteiger partial charge is 0.230 e. The monoisotopic (exact) mass is 390 g/mol. The molecule has 1 amide bonds. The molecule has 9 heteroatoms. The van der Waals surface area contributed by atoms with Crippen LogP contribution in [0.25, 0.3) is 11.0 Å². The lowest BCUT2D eigenvalue weighted by Crippen LogP contribution is -2.28. The molecular formula is C18H19FN4O3S. The summed E-state index contributed by atoms with van der Waals surface area (Å²) in [6, 6.07) is 3.86. The molecule has 1 fully saturated rings. The number of carbonyl (C=O) groups excluding carboxylic acids is 1. The summed E-state index contributed by atoms with van der Waals surface area (Å²) in [5.41, 5.74) is 0.736. The molecule has 2 atom stereocenters. The molecule has 4 heterocycles. The second-order valence-corrected chi connectivity index (χ2v) is 7.70. The van der Waals surface area contributed by atoms with Crippen molar-refractivity contribution in [2.75, 3.05) is 11.9 Å². The van der Waals surface area contributed by atoms with Crippen molar-refractivity contribution in [1.82, 2.24) is 14.9 Å². The Kier molecular flexibility index (Phi) is 4.79. The van der Waals surface area contributed by atoms with Gasteiger partial charge in [0.2, 0.25) is 17.7 Å². The zero-order chi connectivity index (χ0) is 19.0. The number of nitrogens with zero attached hydrogens (tertiary/aromatic N) is 3. The van der Waals surface area contributed by atoms with Crippen LogP contribution in [-0.4, -0.2) is 39.5 Å². The number of furan rings is 1. The third-order valence-electron chi connectivity index (χ3n) is 4.57. The SMILES string of the molecule is CC(=O)Nc1nc(F)c(CN2C[C@H](Oc3nccc4occc34)C[C@@H]2C)s1. The van der Waals surface area contributed by atoms with E-state index in [0.717, 1.165) is 28.7 Å². The minimum Gasteiger partial charge on any atom is -0.472 e. The fraction of sp³-hybridized carbons (Fsp3) is 0.389. The van der Waals surface area contributed by atoms with Gasteiger partial charge in [-0.15, -0.1) is 0 Å². The Morgan fingerprint density at radius 3 is 3.19 bits per heavy atom. The Labute approximate surface area is 159 Å². The molecule has 0 spiro atoms. The lowest BCUT2D eigenvalue weighted by Gasteiger charge is -2.19. The highest BCUT2D eigenvalue weighted by Gasteiger charge is 2.32. The maximum absolute atomic E-state index is 14.1. The maximum atomic E-state index is 14.1. The zero-order valence-electron chi connectivity index (χ0n) is 14.9. The molecule has 0 bridgehead atoms. The van der Waals surface area contributed by atoms with Crippen molar-refractivity contribution in [2.24, 2.45) is 0 Å². The van der Waals surface area contributed by atoms with Crippen molar-refractivity contribution in [2.45, 2.75) is 39.0 Å². The Hall–Kier alpha value is -2.52. The van der Waals surface area contributed by atoms with E-state index in [-0.39, 0.29) is 23.2 Å². The molecule has 0 unspecified atom stereocenters. The van der Waals surface area contributed by atoms with Crippen LogP contribution in [0.5, 0.6) is 5.88 Å². The van der Waals surface area contributed by atoms with Gasteiger partial charge in [-0.3, -0.25) is 9.69 Å². The molecule has 142 valence electrons. The van der Waals surface area contributed by atoms with Crippen LogP contribution in [0.4, 0.5) is 9.52 Å². The van der Waals surface area contributed by atoms with Crippen molar-refractivity contribution in [3.8, 4) is 5.88 Å². The number of ether oxygens (including phenoxy) is 1. The van der Waals surface area contributed by atoms with Crippen LogP contribution in [0.3, 0.4) is 0 Å². The molecule has 1 aliphatic heterocycles. The van der Waals surface area contributed by atoms with Crippen LogP contribution in [0.1, 0.15) is 25.1 Å². The number of pyridine rings is 1. The highest BCUT2D eigenvalue weighted by atomic mass is 32.1. The van der Waals surface area contributed by atoms with Gasteiger partial charge in [-0.25, -0.2) is 4.98 Å². The predicted molar refractivity (Wildman–Crippen MR) is 99.3 cm³/mol. The first-order chi connectivity index (χ1) is 13.0. The molecule has 1 saturated heterocycles. The molecule has 3 aromatic heterocycles. The lowest BCUT2D eigenvalue weighted by atomic mass is 10.2. The van der Waals surface area contributed by atoms with Crippen molar-refractivity contribution in [1.29, 1.82) is 0 Å². The molecular weight excluding hydrogens is 371 g/mol. The summed E-state index contributed by atoms with van der Waals surface area (Å²) < 4.78 is 25.6. The number of halogens is 1. The third kappa shape index (κ3) is 3.79. The number of carbonyl (C=O) groups is 1. The molecule has 1 aliphatic rings. The van der Waals surface area contributed by atoms with Crippen molar-refractivity contribution >= 4 is 33.3 Å². The van der Waals surface area contributed by atoms with Crippen LogP contribution in [0.15, 0.2) is 29.0 Å². The zero-order valence-corrected chi connectivity index (χ0v) is 15.8. The summed E-state index contributed by atoms with van der Waals surface area (Å²) >= 11 is 1.16. The van der Waals surface area contributed by atoms with Gasteiger partial charge in [-0.1, -0.05) is 11.3 Å². The summed E-state index contributed by atoms with van der Waals surface area (Å²) in [5.74, 6) is -0.249. The summed E-state index contributed by atoms with van der Waals surface area (Å²) in [6.07, 6.45) is 4.04. The quantitative estimate of drug-likeness (QED) is 0.719. The number of rotatable bonds is 5. The van der Waals surface area contributed by atoms with Crippen molar-refractivity contribution < 1.29 is 18.3 Å². The van der Waals surface area contributed by atoms with Crippen molar-refractivity contribution in [3.63, 3.8) is 0 Å². The van der Waals surface area contributed by atoms with Gasteiger partial charge in [0.25, 0.3) is 0 Å². The Morgan fingerprint density at radius 1 is 1.52 bits per heavy atom.